The highest BCUT2D eigenvalue weighted by Crippen LogP contribution is 2.45. The van der Waals surface area contributed by atoms with Crippen LogP contribution in [0.15, 0.2) is 0 Å². The van der Waals surface area contributed by atoms with Crippen molar-refractivity contribution in [1.82, 2.24) is 0 Å². The molecule has 0 rings (SSSR count). The Hall–Kier alpha value is -1.94. The summed E-state index contributed by atoms with van der Waals surface area (Å²) >= 11 is 0. The van der Waals surface area contributed by atoms with E-state index in [1.165, 1.54) is 238 Å². The molecule has 2 unspecified atom stereocenters. The maximum absolute atomic E-state index is 13.1. The Balaban J connectivity index is 5.20. The number of rotatable bonds is 80. The number of phosphoric acid groups is 2. The average Bonchev–Trinajstić information content (AvgIpc) is 0.960. The van der Waals surface area contributed by atoms with Crippen molar-refractivity contribution >= 4 is 39.5 Å². The van der Waals surface area contributed by atoms with Crippen molar-refractivity contribution in [1.29, 1.82) is 0 Å². The highest BCUT2D eigenvalue weighted by molar-refractivity contribution is 7.47. The molecule has 594 valence electrons. The molecule has 17 nitrogen and oxygen atoms in total. The van der Waals surface area contributed by atoms with E-state index in [2.05, 4.69) is 41.5 Å². The molecule has 0 fully saturated rings. The SMILES string of the molecule is CCCCCCCCCCCCCCCCCCCCCCC(=O)O[C@H](COC(=O)CCCCCCCCCCCCCCCCCCC(C)C)COP(=O)(O)OC[C@@H](O)COP(=O)(O)OC[C@@H](COC(=O)CCCCCCCCCC(C)C)OC(=O)CCCCCCCCCCCCC. The Kier molecular flexibility index (Phi) is 71.2. The quantitative estimate of drug-likeness (QED) is 0.0222. The molecule has 0 aromatic carbocycles. The summed E-state index contributed by atoms with van der Waals surface area (Å²) in [5, 5.41) is 10.6. The fourth-order valence-electron chi connectivity index (χ4n) is 12.5. The van der Waals surface area contributed by atoms with E-state index in [4.69, 9.17) is 37.0 Å². The Morgan fingerprint density at radius 3 is 0.680 bits per heavy atom. The third-order valence-electron chi connectivity index (χ3n) is 19.0. The minimum Gasteiger partial charge on any atom is -0.462 e. The van der Waals surface area contributed by atoms with Crippen molar-refractivity contribution < 1.29 is 80.2 Å². The first-order valence-corrected chi connectivity index (χ1v) is 45.0. The Bertz CT molecular complexity index is 1920. The zero-order valence-electron chi connectivity index (χ0n) is 65.5. The summed E-state index contributed by atoms with van der Waals surface area (Å²) in [4.78, 5) is 72.9. The van der Waals surface area contributed by atoms with Gasteiger partial charge in [0.25, 0.3) is 0 Å². The van der Waals surface area contributed by atoms with Crippen LogP contribution in [0, 0.1) is 11.8 Å². The number of hydrogen-bond acceptors (Lipinski definition) is 15. The third-order valence-corrected chi connectivity index (χ3v) is 20.9. The lowest BCUT2D eigenvalue weighted by atomic mass is 10.0. The van der Waals surface area contributed by atoms with Gasteiger partial charge in [-0.15, -0.1) is 0 Å². The largest absolute Gasteiger partial charge is 0.472 e. The molecule has 0 aliphatic rings. The van der Waals surface area contributed by atoms with Crippen LogP contribution >= 0.6 is 15.6 Å². The molecule has 0 aromatic rings. The lowest BCUT2D eigenvalue weighted by molar-refractivity contribution is -0.161. The highest BCUT2D eigenvalue weighted by Gasteiger charge is 2.30. The predicted molar refractivity (Wildman–Crippen MR) is 409 cm³/mol. The zero-order chi connectivity index (χ0) is 73.5. The van der Waals surface area contributed by atoms with Gasteiger partial charge in [-0.3, -0.25) is 37.3 Å². The monoisotopic (exact) mass is 1470 g/mol. The summed E-state index contributed by atoms with van der Waals surface area (Å²) in [6.45, 7) is 9.60. The number of aliphatic hydroxyl groups excluding tert-OH is 1. The molecule has 0 spiro atoms. The molecular weight excluding hydrogens is 1310 g/mol. The minimum absolute atomic E-state index is 0.106. The molecule has 0 saturated carbocycles. The van der Waals surface area contributed by atoms with Gasteiger partial charge in [-0.05, 0) is 37.5 Å². The second kappa shape index (κ2) is 72.6. The van der Waals surface area contributed by atoms with Crippen LogP contribution in [0.3, 0.4) is 0 Å². The van der Waals surface area contributed by atoms with Crippen LogP contribution in [0.25, 0.3) is 0 Å². The molecule has 100 heavy (non-hydrogen) atoms. The number of carbonyl (C=O) groups excluding carboxylic acids is 4. The first-order chi connectivity index (χ1) is 48.4. The van der Waals surface area contributed by atoms with Gasteiger partial charge in [-0.25, -0.2) is 9.13 Å². The molecule has 0 aliphatic heterocycles. The molecule has 0 aliphatic carbocycles. The topological polar surface area (TPSA) is 237 Å². The smallest absolute Gasteiger partial charge is 0.462 e. The molecule has 0 amide bonds. The second-order valence-corrected chi connectivity index (χ2v) is 33.0. The lowest BCUT2D eigenvalue weighted by Gasteiger charge is -2.21. The summed E-state index contributed by atoms with van der Waals surface area (Å²) in [6, 6.07) is 0. The van der Waals surface area contributed by atoms with Crippen LogP contribution in [0.1, 0.15) is 427 Å². The van der Waals surface area contributed by atoms with Crippen LogP contribution < -0.4 is 0 Å². The van der Waals surface area contributed by atoms with Gasteiger partial charge in [-0.1, -0.05) is 375 Å². The number of ether oxygens (including phenoxy) is 4. The van der Waals surface area contributed by atoms with Gasteiger partial charge in [0.05, 0.1) is 26.4 Å². The molecule has 0 aromatic heterocycles. The van der Waals surface area contributed by atoms with Crippen LogP contribution in [0.5, 0.6) is 0 Å². The van der Waals surface area contributed by atoms with Crippen molar-refractivity contribution in [3.8, 4) is 0 Å². The van der Waals surface area contributed by atoms with Crippen LogP contribution in [0.2, 0.25) is 0 Å². The number of aliphatic hydroxyl groups is 1. The molecule has 19 heteroatoms. The molecule has 0 radical (unpaired) electrons. The maximum Gasteiger partial charge on any atom is 0.472 e. The van der Waals surface area contributed by atoms with Gasteiger partial charge in [0.2, 0.25) is 0 Å². The fourth-order valence-corrected chi connectivity index (χ4v) is 14.1. The van der Waals surface area contributed by atoms with E-state index < -0.39 is 97.5 Å². The normalized spacial score (nSPS) is 13.9. The Labute approximate surface area is 613 Å². The van der Waals surface area contributed by atoms with Gasteiger partial charge >= 0.3 is 39.5 Å². The standard InChI is InChI=1S/C81H158O17P2/c1-7-9-11-13-15-17-19-20-21-22-23-24-25-30-33-37-41-47-54-60-66-81(86)97-76(69-91-78(83)63-57-51-45-39-36-32-29-27-26-28-31-35-38-43-49-55-61-73(3)4)71-95-99(87,88)93-67-75(82)68-94-100(89,90)96-72-77(70-92-79(84)64-58-52-48-42-44-50-56-62-74(5)6)98-80(85)65-59-53-46-40-34-18-16-14-12-10-8-2/h73-77,82H,7-72H2,1-6H3,(H,87,88)(H,89,90)/t75-,76-,77-/m1/s1. The summed E-state index contributed by atoms with van der Waals surface area (Å²) in [5.74, 6) is -0.592. The molecule has 5 atom stereocenters. The van der Waals surface area contributed by atoms with Gasteiger partial charge < -0.3 is 33.8 Å². The third kappa shape index (κ3) is 74.3. The number of esters is 4. The van der Waals surface area contributed by atoms with E-state index in [1.54, 1.807) is 0 Å². The number of unbranched alkanes of at least 4 members (excludes halogenated alkanes) is 50. The molecular formula is C81H158O17P2. The minimum atomic E-state index is -4.96. The first kappa shape index (κ1) is 98.1. The average molecular weight is 1470 g/mol. The second-order valence-electron chi connectivity index (χ2n) is 30.1. The number of phosphoric ester groups is 2. The van der Waals surface area contributed by atoms with E-state index >= 15 is 0 Å². The number of carbonyl (C=O) groups is 4. The van der Waals surface area contributed by atoms with Crippen molar-refractivity contribution in [2.75, 3.05) is 39.6 Å². The summed E-state index contributed by atoms with van der Waals surface area (Å²) in [6.07, 6.45) is 62.6. The van der Waals surface area contributed by atoms with E-state index in [0.29, 0.717) is 31.6 Å². The summed E-state index contributed by atoms with van der Waals surface area (Å²) in [5.41, 5.74) is 0. The summed E-state index contributed by atoms with van der Waals surface area (Å²) in [7, 11) is -9.92. The molecule has 3 N–H and O–H groups in total. The molecule has 0 heterocycles. The van der Waals surface area contributed by atoms with Gasteiger partial charge in [0, 0.05) is 25.7 Å². The van der Waals surface area contributed by atoms with Gasteiger partial charge in [-0.2, -0.15) is 0 Å². The number of hydrogen-bond donors (Lipinski definition) is 3. The summed E-state index contributed by atoms with van der Waals surface area (Å²) < 4.78 is 68.7. The zero-order valence-corrected chi connectivity index (χ0v) is 67.3. The van der Waals surface area contributed by atoms with Crippen molar-refractivity contribution in [3.05, 3.63) is 0 Å². The first-order valence-electron chi connectivity index (χ1n) is 42.0. The van der Waals surface area contributed by atoms with Crippen molar-refractivity contribution in [3.63, 3.8) is 0 Å². The van der Waals surface area contributed by atoms with E-state index in [1.807, 2.05) is 0 Å². The van der Waals surface area contributed by atoms with Gasteiger partial charge in [0.1, 0.15) is 19.3 Å². The Morgan fingerprint density at radius 2 is 0.460 bits per heavy atom. The van der Waals surface area contributed by atoms with Crippen LogP contribution in [0.4, 0.5) is 0 Å². The highest BCUT2D eigenvalue weighted by atomic mass is 31.2. The fraction of sp³-hybridized carbons (Fsp3) is 0.951. The van der Waals surface area contributed by atoms with Gasteiger partial charge in [0.15, 0.2) is 12.2 Å². The Morgan fingerprint density at radius 1 is 0.270 bits per heavy atom. The van der Waals surface area contributed by atoms with E-state index in [9.17, 15) is 43.2 Å². The lowest BCUT2D eigenvalue weighted by Crippen LogP contribution is -2.30. The van der Waals surface area contributed by atoms with E-state index in [-0.39, 0.29) is 25.7 Å². The van der Waals surface area contributed by atoms with Crippen molar-refractivity contribution in [2.24, 2.45) is 11.8 Å². The van der Waals surface area contributed by atoms with Crippen LogP contribution in [-0.2, 0) is 65.4 Å². The molecule has 0 saturated heterocycles. The maximum atomic E-state index is 13.1. The van der Waals surface area contributed by atoms with E-state index in [0.717, 1.165) is 102 Å². The predicted octanol–water partition coefficient (Wildman–Crippen LogP) is 24.3. The molecule has 0 bridgehead atoms. The van der Waals surface area contributed by atoms with Crippen molar-refractivity contribution in [2.45, 2.75) is 445 Å². The van der Waals surface area contributed by atoms with Crippen LogP contribution in [-0.4, -0.2) is 96.7 Å².